The highest BCUT2D eigenvalue weighted by molar-refractivity contribution is 6.07. The van der Waals surface area contributed by atoms with E-state index in [0.29, 0.717) is 43.7 Å². The number of methoxy groups -OCH3 is 1. The average Bonchev–Trinajstić information content (AvgIpc) is 3.19. The summed E-state index contributed by atoms with van der Waals surface area (Å²) in [5.74, 6) is 0.209. The summed E-state index contributed by atoms with van der Waals surface area (Å²) in [7, 11) is 1.39. The van der Waals surface area contributed by atoms with Crippen LogP contribution in [0.2, 0.25) is 0 Å². The Hall–Kier alpha value is -3.42. The van der Waals surface area contributed by atoms with Crippen LogP contribution in [0.5, 0.6) is 0 Å². The molecule has 8 heteroatoms. The van der Waals surface area contributed by atoms with E-state index in [4.69, 9.17) is 9.15 Å². The van der Waals surface area contributed by atoms with Crippen LogP contribution >= 0.6 is 0 Å². The summed E-state index contributed by atoms with van der Waals surface area (Å²) in [6.45, 7) is 4.79. The number of carbonyl (C=O) groups excluding carboxylic acids is 3. The van der Waals surface area contributed by atoms with E-state index in [1.807, 2.05) is 26.0 Å². The van der Waals surface area contributed by atoms with Crippen molar-refractivity contribution in [3.8, 4) is 0 Å². The number of amides is 2. The van der Waals surface area contributed by atoms with E-state index in [1.54, 1.807) is 17.0 Å². The fourth-order valence-electron chi connectivity index (χ4n) is 4.50. The summed E-state index contributed by atoms with van der Waals surface area (Å²) in [4.78, 5) is 39.1. The molecule has 1 aliphatic heterocycles. The molecule has 0 radical (unpaired) electrons. The van der Waals surface area contributed by atoms with Gasteiger partial charge < -0.3 is 14.1 Å². The predicted molar refractivity (Wildman–Crippen MR) is 122 cm³/mol. The second kappa shape index (κ2) is 9.60. The predicted octanol–water partition coefficient (Wildman–Crippen LogP) is 3.39. The lowest BCUT2D eigenvalue weighted by atomic mass is 9.93. The summed E-state index contributed by atoms with van der Waals surface area (Å²) < 4.78 is 10.8. The van der Waals surface area contributed by atoms with E-state index < -0.39 is 0 Å². The third-order valence-corrected chi connectivity index (χ3v) is 6.44. The zero-order chi connectivity index (χ0) is 23.5. The highest BCUT2D eigenvalue weighted by Crippen LogP contribution is 2.31. The van der Waals surface area contributed by atoms with Crippen LogP contribution in [0.3, 0.4) is 0 Å². The first-order valence-corrected chi connectivity index (χ1v) is 11.3. The number of esters is 1. The highest BCUT2D eigenvalue weighted by Gasteiger charge is 2.33. The van der Waals surface area contributed by atoms with E-state index in [0.717, 1.165) is 41.0 Å². The molecular weight excluding hydrogens is 422 g/mol. The third kappa shape index (κ3) is 4.69. The Balaban J connectivity index is 1.50. The van der Waals surface area contributed by atoms with Gasteiger partial charge in [-0.25, -0.2) is 5.43 Å². The van der Waals surface area contributed by atoms with E-state index in [1.165, 1.54) is 7.11 Å². The molecular formula is C25H29N3O5. The smallest absolute Gasteiger partial charge is 0.308 e. The number of nitrogens with one attached hydrogen (secondary N) is 1. The van der Waals surface area contributed by atoms with Crippen molar-refractivity contribution < 1.29 is 23.5 Å². The molecule has 0 spiro atoms. The van der Waals surface area contributed by atoms with E-state index in [2.05, 4.69) is 10.5 Å². The molecule has 1 fully saturated rings. The van der Waals surface area contributed by atoms with Gasteiger partial charge in [0.2, 0.25) is 0 Å². The standard InChI is InChI=1S/C25H29N3O5/c1-15-7-9-17(10-8-15)23(29)27-26-19-5-4-6-20-21(19)16(2)22(33-20)24(30)28-13-11-18(12-14-28)25(31)32-3/h7-10,18H,4-6,11-14H2,1-3H3,(H,27,29)/b26-19+. The third-order valence-electron chi connectivity index (χ3n) is 6.44. The molecule has 8 nitrogen and oxygen atoms in total. The fourth-order valence-corrected chi connectivity index (χ4v) is 4.50. The molecule has 0 bridgehead atoms. The van der Waals surface area contributed by atoms with Crippen LogP contribution in [0.15, 0.2) is 33.8 Å². The van der Waals surface area contributed by atoms with Crippen molar-refractivity contribution in [2.75, 3.05) is 20.2 Å². The second-order valence-corrected chi connectivity index (χ2v) is 8.66. The molecule has 2 heterocycles. The molecule has 174 valence electrons. The van der Waals surface area contributed by atoms with Crippen LogP contribution in [0, 0.1) is 19.8 Å². The van der Waals surface area contributed by atoms with E-state index in [9.17, 15) is 14.4 Å². The number of benzene rings is 1. The number of likely N-dealkylation sites (tertiary alicyclic amines) is 1. The van der Waals surface area contributed by atoms with Crippen molar-refractivity contribution in [2.24, 2.45) is 11.0 Å². The zero-order valence-electron chi connectivity index (χ0n) is 19.3. The highest BCUT2D eigenvalue weighted by atomic mass is 16.5. The van der Waals surface area contributed by atoms with Crippen molar-refractivity contribution in [2.45, 2.75) is 46.0 Å². The SMILES string of the molecule is COC(=O)C1CCN(C(=O)c2oc3c(c2C)/C(=N/NC(=O)c2ccc(C)cc2)CCC3)CC1. The van der Waals surface area contributed by atoms with Gasteiger partial charge in [0.1, 0.15) is 5.76 Å². The van der Waals surface area contributed by atoms with Gasteiger partial charge in [-0.3, -0.25) is 14.4 Å². The maximum Gasteiger partial charge on any atom is 0.308 e. The van der Waals surface area contributed by atoms with E-state index in [-0.39, 0.29) is 23.7 Å². The lowest BCUT2D eigenvalue weighted by Crippen LogP contribution is -2.40. The van der Waals surface area contributed by atoms with Crippen molar-refractivity contribution in [1.82, 2.24) is 10.3 Å². The first-order valence-electron chi connectivity index (χ1n) is 11.3. The van der Waals surface area contributed by atoms with Crippen LogP contribution in [-0.4, -0.2) is 48.6 Å². The molecule has 33 heavy (non-hydrogen) atoms. The quantitative estimate of drug-likeness (QED) is 0.567. The monoisotopic (exact) mass is 451 g/mol. The molecule has 2 amide bonds. The van der Waals surface area contributed by atoms with Gasteiger partial charge in [-0.05, 0) is 51.7 Å². The summed E-state index contributed by atoms with van der Waals surface area (Å²) in [5, 5.41) is 4.39. The lowest BCUT2D eigenvalue weighted by molar-refractivity contribution is -0.146. The zero-order valence-corrected chi connectivity index (χ0v) is 19.3. The Labute approximate surface area is 193 Å². The normalized spacial score (nSPS) is 17.5. The Morgan fingerprint density at radius 1 is 1.09 bits per heavy atom. The van der Waals surface area contributed by atoms with Crippen molar-refractivity contribution in [3.63, 3.8) is 0 Å². The molecule has 0 saturated carbocycles. The number of hydrogen-bond acceptors (Lipinski definition) is 6. The van der Waals surface area contributed by atoms with Gasteiger partial charge in [-0.1, -0.05) is 17.7 Å². The molecule has 0 unspecified atom stereocenters. The number of fused-ring (bicyclic) bond motifs is 1. The van der Waals surface area contributed by atoms with Crippen LogP contribution in [0.4, 0.5) is 0 Å². The first-order chi connectivity index (χ1) is 15.9. The number of nitrogens with zero attached hydrogens (tertiary/aromatic N) is 2. The van der Waals surface area contributed by atoms with Gasteiger partial charge in [-0.15, -0.1) is 0 Å². The fraction of sp³-hybridized carbons (Fsp3) is 0.440. The topological polar surface area (TPSA) is 101 Å². The number of piperidine rings is 1. The molecule has 1 aliphatic carbocycles. The minimum absolute atomic E-state index is 0.166. The molecule has 2 aromatic rings. The maximum atomic E-state index is 13.2. The summed E-state index contributed by atoms with van der Waals surface area (Å²) >= 11 is 0. The Bertz CT molecular complexity index is 1090. The molecule has 4 rings (SSSR count). The van der Waals surface area contributed by atoms with Gasteiger partial charge in [-0.2, -0.15) is 5.10 Å². The number of furan rings is 1. The average molecular weight is 452 g/mol. The second-order valence-electron chi connectivity index (χ2n) is 8.66. The van der Waals surface area contributed by atoms with Gasteiger partial charge in [0.15, 0.2) is 5.76 Å². The van der Waals surface area contributed by atoms with Crippen LogP contribution in [-0.2, 0) is 16.0 Å². The summed E-state index contributed by atoms with van der Waals surface area (Å²) in [6, 6.07) is 7.29. The van der Waals surface area contributed by atoms with Gasteiger partial charge in [0, 0.05) is 36.2 Å². The van der Waals surface area contributed by atoms with Gasteiger partial charge in [0.25, 0.3) is 11.8 Å². The Morgan fingerprint density at radius 2 is 1.79 bits per heavy atom. The maximum absolute atomic E-state index is 13.2. The lowest BCUT2D eigenvalue weighted by Gasteiger charge is -2.30. The van der Waals surface area contributed by atoms with Crippen LogP contribution < -0.4 is 5.43 Å². The minimum Gasteiger partial charge on any atom is -0.469 e. The minimum atomic E-state index is -0.277. The number of hydrogen-bond donors (Lipinski definition) is 1. The summed E-state index contributed by atoms with van der Waals surface area (Å²) in [6.07, 6.45) is 3.40. The Kier molecular flexibility index (Phi) is 6.62. The summed E-state index contributed by atoms with van der Waals surface area (Å²) in [5.41, 5.74) is 6.55. The number of carbonyl (C=O) groups is 3. The molecule has 2 aliphatic rings. The molecule has 1 N–H and O–H groups in total. The number of hydrazone groups is 1. The molecule has 0 atom stereocenters. The molecule has 1 aromatic carbocycles. The molecule has 1 aromatic heterocycles. The van der Waals surface area contributed by atoms with E-state index >= 15 is 0 Å². The van der Waals surface area contributed by atoms with Crippen molar-refractivity contribution >= 4 is 23.5 Å². The van der Waals surface area contributed by atoms with Crippen LogP contribution in [0.1, 0.15) is 69.0 Å². The number of ether oxygens (including phenoxy) is 1. The number of aryl methyl sites for hydroxylation is 2. The molecule has 1 saturated heterocycles. The first kappa shape index (κ1) is 22.8. The van der Waals surface area contributed by atoms with Crippen LogP contribution in [0.25, 0.3) is 0 Å². The van der Waals surface area contributed by atoms with Crippen molar-refractivity contribution in [1.29, 1.82) is 0 Å². The largest absolute Gasteiger partial charge is 0.469 e. The van der Waals surface area contributed by atoms with Crippen molar-refractivity contribution in [3.05, 3.63) is 58.0 Å². The number of rotatable bonds is 4. The Morgan fingerprint density at radius 3 is 2.45 bits per heavy atom. The van der Waals surface area contributed by atoms with Gasteiger partial charge >= 0.3 is 5.97 Å². The van der Waals surface area contributed by atoms with Gasteiger partial charge in [0.05, 0.1) is 18.7 Å².